The first kappa shape index (κ1) is 10.6. The molecule has 88 valence electrons. The van der Waals surface area contributed by atoms with Crippen LogP contribution in [0.3, 0.4) is 0 Å². The topological polar surface area (TPSA) is 52.7 Å². The maximum Gasteiger partial charge on any atom is 0.150 e. The van der Waals surface area contributed by atoms with E-state index in [4.69, 9.17) is 9.68 Å². The van der Waals surface area contributed by atoms with Crippen LogP contribution >= 0.6 is 0 Å². The van der Waals surface area contributed by atoms with Crippen molar-refractivity contribution in [3.8, 4) is 17.5 Å². The predicted molar refractivity (Wildman–Crippen MR) is 65.3 cm³/mol. The maximum absolute atomic E-state index is 13.3. The third-order valence-electron chi connectivity index (χ3n) is 2.89. The smallest absolute Gasteiger partial charge is 0.150 e. The highest BCUT2D eigenvalue weighted by atomic mass is 19.1. The minimum Gasteiger partial charge on any atom is -0.463 e. The second kappa shape index (κ2) is 4.04. The van der Waals surface area contributed by atoms with Gasteiger partial charge in [-0.2, -0.15) is 5.26 Å². The summed E-state index contributed by atoms with van der Waals surface area (Å²) in [5.74, 6) is 0.337. The van der Waals surface area contributed by atoms with E-state index >= 15 is 0 Å². The van der Waals surface area contributed by atoms with E-state index in [9.17, 15) is 4.39 Å². The molecule has 18 heavy (non-hydrogen) atoms. The zero-order valence-corrected chi connectivity index (χ0v) is 9.40. The van der Waals surface area contributed by atoms with Crippen LogP contribution in [-0.2, 0) is 6.42 Å². The summed E-state index contributed by atoms with van der Waals surface area (Å²) in [5, 5.41) is 9.63. The van der Waals surface area contributed by atoms with Gasteiger partial charge in [0.25, 0.3) is 0 Å². The van der Waals surface area contributed by atoms with Crippen LogP contribution in [0.5, 0.6) is 0 Å². The number of aromatic nitrogens is 1. The minimum atomic E-state index is -0.313. The molecule has 0 aliphatic carbocycles. The molecule has 4 heteroatoms. The van der Waals surface area contributed by atoms with Crippen LogP contribution in [0.1, 0.15) is 5.56 Å². The fraction of sp³-hybridized carbons (Fsp3) is 0.0714. The van der Waals surface area contributed by atoms with E-state index in [0.717, 1.165) is 22.2 Å². The summed E-state index contributed by atoms with van der Waals surface area (Å²) in [4.78, 5) is 3.17. The van der Waals surface area contributed by atoms with Gasteiger partial charge in [-0.25, -0.2) is 4.39 Å². The maximum atomic E-state index is 13.3. The average molecular weight is 240 g/mol. The first-order valence-electron chi connectivity index (χ1n) is 5.50. The Bertz CT molecular complexity index is 735. The first-order chi connectivity index (χ1) is 8.79. The number of H-pyrrole nitrogens is 1. The van der Waals surface area contributed by atoms with Gasteiger partial charge in [0, 0.05) is 16.5 Å². The number of halogens is 1. The Morgan fingerprint density at radius 1 is 1.33 bits per heavy atom. The number of nitriles is 1. The molecule has 2 heterocycles. The molecule has 3 rings (SSSR count). The molecule has 0 unspecified atom stereocenters. The van der Waals surface area contributed by atoms with Crippen molar-refractivity contribution in [3.05, 3.63) is 48.0 Å². The Morgan fingerprint density at radius 2 is 2.22 bits per heavy atom. The van der Waals surface area contributed by atoms with E-state index in [-0.39, 0.29) is 12.2 Å². The number of hydrogen-bond donors (Lipinski definition) is 1. The summed E-state index contributed by atoms with van der Waals surface area (Å²) in [6, 6.07) is 10.2. The zero-order chi connectivity index (χ0) is 12.5. The number of aromatic amines is 1. The number of benzene rings is 1. The van der Waals surface area contributed by atoms with E-state index in [0.29, 0.717) is 5.76 Å². The van der Waals surface area contributed by atoms with Gasteiger partial charge in [0.15, 0.2) is 0 Å². The molecule has 0 bridgehead atoms. The third-order valence-corrected chi connectivity index (χ3v) is 2.89. The average Bonchev–Trinajstić information content (AvgIpc) is 2.98. The van der Waals surface area contributed by atoms with Crippen LogP contribution in [0.2, 0.25) is 0 Å². The van der Waals surface area contributed by atoms with Gasteiger partial charge in [-0.1, -0.05) is 0 Å². The number of rotatable bonds is 2. The van der Waals surface area contributed by atoms with Crippen LogP contribution in [0.4, 0.5) is 4.39 Å². The summed E-state index contributed by atoms with van der Waals surface area (Å²) >= 11 is 0. The first-order valence-corrected chi connectivity index (χ1v) is 5.50. The van der Waals surface area contributed by atoms with E-state index in [2.05, 4.69) is 11.1 Å². The lowest BCUT2D eigenvalue weighted by atomic mass is 10.1. The molecule has 2 aromatic heterocycles. The molecule has 3 nitrogen and oxygen atoms in total. The molecule has 3 aromatic rings. The number of fused-ring (bicyclic) bond motifs is 1. The van der Waals surface area contributed by atoms with Crippen LogP contribution in [-0.4, -0.2) is 4.98 Å². The molecule has 0 saturated heterocycles. The molecule has 0 atom stereocenters. The number of nitrogens with one attached hydrogen (secondary N) is 1. The van der Waals surface area contributed by atoms with Crippen LogP contribution in [0, 0.1) is 17.1 Å². The molecule has 0 fully saturated rings. The molecule has 0 aliphatic rings. The van der Waals surface area contributed by atoms with E-state index in [1.54, 1.807) is 18.4 Å². The molecular weight excluding hydrogens is 231 g/mol. The van der Waals surface area contributed by atoms with Crippen molar-refractivity contribution >= 4 is 10.9 Å². The summed E-state index contributed by atoms with van der Waals surface area (Å²) < 4.78 is 18.6. The van der Waals surface area contributed by atoms with Crippen molar-refractivity contribution < 1.29 is 8.81 Å². The van der Waals surface area contributed by atoms with Crippen LogP contribution < -0.4 is 0 Å². The molecule has 0 amide bonds. The lowest BCUT2D eigenvalue weighted by molar-refractivity contribution is 0.580. The predicted octanol–water partition coefficient (Wildman–Crippen LogP) is 3.63. The highest BCUT2D eigenvalue weighted by Gasteiger charge is 2.15. The summed E-state index contributed by atoms with van der Waals surface area (Å²) in [6.45, 7) is 0. The van der Waals surface area contributed by atoms with E-state index in [1.165, 1.54) is 12.1 Å². The Balaban J connectivity index is 2.31. The SMILES string of the molecule is N#CCc1c(-c2ccco2)[nH]c2ccc(F)cc12. The second-order valence-corrected chi connectivity index (χ2v) is 3.98. The Hall–Kier alpha value is -2.54. The Labute approximate surface area is 102 Å². The van der Waals surface area contributed by atoms with Gasteiger partial charge in [-0.15, -0.1) is 0 Å². The minimum absolute atomic E-state index is 0.208. The fourth-order valence-corrected chi connectivity index (χ4v) is 2.11. The monoisotopic (exact) mass is 240 g/mol. The summed E-state index contributed by atoms with van der Waals surface area (Å²) in [6.07, 6.45) is 1.77. The van der Waals surface area contributed by atoms with Crippen molar-refractivity contribution in [2.24, 2.45) is 0 Å². The van der Waals surface area contributed by atoms with Crippen molar-refractivity contribution in [1.82, 2.24) is 4.98 Å². The van der Waals surface area contributed by atoms with Crippen molar-refractivity contribution in [1.29, 1.82) is 5.26 Å². The van der Waals surface area contributed by atoms with Gasteiger partial charge < -0.3 is 9.40 Å². The molecule has 0 saturated carbocycles. The number of nitrogens with zero attached hydrogens (tertiary/aromatic N) is 1. The van der Waals surface area contributed by atoms with Crippen molar-refractivity contribution in [3.63, 3.8) is 0 Å². The molecule has 0 aliphatic heterocycles. The Kier molecular flexibility index (Phi) is 2.38. The fourth-order valence-electron chi connectivity index (χ4n) is 2.11. The molecule has 0 radical (unpaired) electrons. The highest BCUT2D eigenvalue weighted by Crippen LogP contribution is 2.31. The van der Waals surface area contributed by atoms with Gasteiger partial charge in [0.2, 0.25) is 0 Å². The quantitative estimate of drug-likeness (QED) is 0.743. The third kappa shape index (κ3) is 1.57. The van der Waals surface area contributed by atoms with Crippen LogP contribution in [0.25, 0.3) is 22.4 Å². The molecule has 1 aromatic carbocycles. The van der Waals surface area contributed by atoms with Gasteiger partial charge in [0.05, 0.1) is 24.4 Å². The molecule has 1 N–H and O–H groups in total. The van der Waals surface area contributed by atoms with Crippen molar-refractivity contribution in [2.45, 2.75) is 6.42 Å². The van der Waals surface area contributed by atoms with Crippen LogP contribution in [0.15, 0.2) is 41.0 Å². The standard InChI is InChI=1S/C14H9FN2O/c15-9-3-4-12-11(8-9)10(5-6-16)14(17-12)13-2-1-7-18-13/h1-4,7-8,17H,5H2. The lowest BCUT2D eigenvalue weighted by Crippen LogP contribution is -1.84. The van der Waals surface area contributed by atoms with Crippen molar-refractivity contribution in [2.75, 3.05) is 0 Å². The zero-order valence-electron chi connectivity index (χ0n) is 9.40. The highest BCUT2D eigenvalue weighted by molar-refractivity contribution is 5.90. The number of hydrogen-bond acceptors (Lipinski definition) is 2. The Morgan fingerprint density at radius 3 is 2.94 bits per heavy atom. The van der Waals surface area contributed by atoms with E-state index in [1.807, 2.05) is 6.07 Å². The lowest BCUT2D eigenvalue weighted by Gasteiger charge is -1.96. The second-order valence-electron chi connectivity index (χ2n) is 3.98. The summed E-state index contributed by atoms with van der Waals surface area (Å²) in [7, 11) is 0. The molecular formula is C14H9FN2O. The number of furan rings is 1. The van der Waals surface area contributed by atoms with E-state index < -0.39 is 0 Å². The van der Waals surface area contributed by atoms with Gasteiger partial charge in [-0.05, 0) is 30.3 Å². The summed E-state index contributed by atoms with van der Waals surface area (Å²) in [5.41, 5.74) is 2.30. The largest absolute Gasteiger partial charge is 0.463 e. The normalized spacial score (nSPS) is 10.7. The van der Waals surface area contributed by atoms with Gasteiger partial charge in [0.1, 0.15) is 11.6 Å². The van der Waals surface area contributed by atoms with Gasteiger partial charge in [-0.3, -0.25) is 0 Å². The molecule has 0 spiro atoms. The van der Waals surface area contributed by atoms with Gasteiger partial charge >= 0.3 is 0 Å².